The van der Waals surface area contributed by atoms with Crippen molar-refractivity contribution in [2.75, 3.05) is 13.2 Å². The fourth-order valence-corrected chi connectivity index (χ4v) is 3.10. The molecule has 1 aliphatic carbocycles. The number of urea groups is 1. The van der Waals surface area contributed by atoms with Crippen LogP contribution in [0.15, 0.2) is 42.7 Å². The van der Waals surface area contributed by atoms with Crippen molar-refractivity contribution in [3.63, 3.8) is 0 Å². The minimum absolute atomic E-state index is 0.110. The second-order valence-corrected chi connectivity index (χ2v) is 7.13. The van der Waals surface area contributed by atoms with Crippen LogP contribution in [0.25, 0.3) is 0 Å². The number of carbonyl (C=O) groups is 1. The highest BCUT2D eigenvalue weighted by molar-refractivity contribution is 5.75. The summed E-state index contributed by atoms with van der Waals surface area (Å²) in [6.45, 7) is 4.72. The van der Waals surface area contributed by atoms with Gasteiger partial charge in [0.15, 0.2) is 0 Å². The van der Waals surface area contributed by atoms with E-state index in [1.165, 1.54) is 0 Å². The summed E-state index contributed by atoms with van der Waals surface area (Å²) in [6.07, 6.45) is 5.43. The standard InChI is InChI=1S/C20H25N3O2/c1-14-8-15(2)10-17(9-14)18(16-4-3-7-21-11-16)23-19(25)22-12-20(13-24)5-6-20/h3-4,7-11,18,24H,5-6,12-13H2,1-2H3,(H2,22,23,25). The fraction of sp³-hybridized carbons (Fsp3) is 0.400. The van der Waals surface area contributed by atoms with E-state index in [0.717, 1.165) is 35.1 Å². The first kappa shape index (κ1) is 17.4. The minimum Gasteiger partial charge on any atom is -0.396 e. The SMILES string of the molecule is Cc1cc(C)cc(C(NC(=O)NCC2(CO)CC2)c2cccnc2)c1. The number of nitrogens with one attached hydrogen (secondary N) is 2. The van der Waals surface area contributed by atoms with Gasteiger partial charge in [-0.2, -0.15) is 0 Å². The molecule has 5 nitrogen and oxygen atoms in total. The topological polar surface area (TPSA) is 74.2 Å². The van der Waals surface area contributed by atoms with Crippen LogP contribution in [0.4, 0.5) is 4.79 Å². The van der Waals surface area contributed by atoms with E-state index in [9.17, 15) is 9.90 Å². The molecule has 1 aromatic heterocycles. The Morgan fingerprint density at radius 3 is 2.52 bits per heavy atom. The normalized spacial score (nSPS) is 16.1. The van der Waals surface area contributed by atoms with Crippen LogP contribution in [0.1, 0.15) is 41.1 Å². The third-order valence-electron chi connectivity index (χ3n) is 4.79. The number of aliphatic hydroxyl groups is 1. The summed E-state index contributed by atoms with van der Waals surface area (Å²) in [7, 11) is 0. The van der Waals surface area contributed by atoms with Gasteiger partial charge < -0.3 is 15.7 Å². The molecule has 1 aliphatic rings. The number of pyridine rings is 1. The summed E-state index contributed by atoms with van der Waals surface area (Å²) in [5.74, 6) is 0. The molecule has 1 heterocycles. The van der Waals surface area contributed by atoms with E-state index in [1.54, 1.807) is 12.4 Å². The van der Waals surface area contributed by atoms with Gasteiger partial charge in [-0.25, -0.2) is 4.79 Å². The van der Waals surface area contributed by atoms with E-state index in [-0.39, 0.29) is 24.1 Å². The van der Waals surface area contributed by atoms with Crippen LogP contribution in [0.3, 0.4) is 0 Å². The van der Waals surface area contributed by atoms with Crippen molar-refractivity contribution in [2.24, 2.45) is 5.41 Å². The van der Waals surface area contributed by atoms with Crippen LogP contribution in [-0.4, -0.2) is 29.3 Å². The molecule has 3 N–H and O–H groups in total. The number of hydrogen-bond donors (Lipinski definition) is 3. The van der Waals surface area contributed by atoms with Crippen LogP contribution in [0.2, 0.25) is 0 Å². The number of aryl methyl sites for hydroxylation is 2. The summed E-state index contributed by atoms with van der Waals surface area (Å²) in [5, 5.41) is 15.4. The molecule has 1 atom stereocenters. The highest BCUT2D eigenvalue weighted by atomic mass is 16.3. The van der Waals surface area contributed by atoms with Crippen molar-refractivity contribution >= 4 is 6.03 Å². The van der Waals surface area contributed by atoms with Crippen molar-refractivity contribution in [3.05, 3.63) is 65.0 Å². The molecule has 1 saturated carbocycles. The number of benzene rings is 1. The first-order valence-corrected chi connectivity index (χ1v) is 8.65. The highest BCUT2D eigenvalue weighted by Gasteiger charge is 2.42. The number of carbonyl (C=O) groups excluding carboxylic acids is 1. The van der Waals surface area contributed by atoms with E-state index in [2.05, 4.69) is 47.7 Å². The van der Waals surface area contributed by atoms with E-state index < -0.39 is 0 Å². The number of nitrogens with zero attached hydrogens (tertiary/aromatic N) is 1. The van der Waals surface area contributed by atoms with E-state index in [0.29, 0.717) is 6.54 Å². The van der Waals surface area contributed by atoms with Crippen LogP contribution < -0.4 is 10.6 Å². The number of amides is 2. The van der Waals surface area contributed by atoms with Gasteiger partial charge in [0.1, 0.15) is 0 Å². The van der Waals surface area contributed by atoms with E-state index in [4.69, 9.17) is 0 Å². The van der Waals surface area contributed by atoms with Gasteiger partial charge in [0.05, 0.1) is 12.6 Å². The first-order valence-electron chi connectivity index (χ1n) is 8.65. The minimum atomic E-state index is -0.267. The quantitative estimate of drug-likeness (QED) is 0.757. The average molecular weight is 339 g/mol. The third-order valence-corrected chi connectivity index (χ3v) is 4.79. The van der Waals surface area contributed by atoms with Gasteiger partial charge in [0.25, 0.3) is 0 Å². The Morgan fingerprint density at radius 1 is 1.24 bits per heavy atom. The molecule has 0 aliphatic heterocycles. The highest BCUT2D eigenvalue weighted by Crippen LogP contribution is 2.44. The lowest BCUT2D eigenvalue weighted by atomic mass is 9.97. The smallest absolute Gasteiger partial charge is 0.315 e. The maximum absolute atomic E-state index is 12.4. The van der Waals surface area contributed by atoms with Crippen molar-refractivity contribution < 1.29 is 9.90 Å². The molecule has 3 rings (SSSR count). The molecule has 2 aromatic rings. The predicted molar refractivity (Wildman–Crippen MR) is 97.3 cm³/mol. The molecule has 1 aromatic carbocycles. The lowest BCUT2D eigenvalue weighted by Crippen LogP contribution is -2.41. The van der Waals surface area contributed by atoms with Gasteiger partial charge in [-0.1, -0.05) is 35.4 Å². The van der Waals surface area contributed by atoms with Gasteiger partial charge >= 0.3 is 6.03 Å². The molecule has 0 bridgehead atoms. The second kappa shape index (κ2) is 7.23. The van der Waals surface area contributed by atoms with E-state index in [1.807, 2.05) is 12.1 Å². The van der Waals surface area contributed by atoms with Gasteiger partial charge in [-0.3, -0.25) is 4.98 Å². The largest absolute Gasteiger partial charge is 0.396 e. The zero-order chi connectivity index (χ0) is 17.9. The summed E-state index contributed by atoms with van der Waals surface area (Å²) < 4.78 is 0. The van der Waals surface area contributed by atoms with E-state index >= 15 is 0 Å². The van der Waals surface area contributed by atoms with Crippen LogP contribution in [-0.2, 0) is 0 Å². The van der Waals surface area contributed by atoms with Gasteiger partial charge in [-0.15, -0.1) is 0 Å². The monoisotopic (exact) mass is 339 g/mol. The lowest BCUT2D eigenvalue weighted by Gasteiger charge is -2.22. The van der Waals surface area contributed by atoms with Crippen molar-refractivity contribution in [3.8, 4) is 0 Å². The van der Waals surface area contributed by atoms with Crippen LogP contribution in [0, 0.1) is 19.3 Å². The molecule has 1 unspecified atom stereocenters. The van der Waals surface area contributed by atoms with Crippen molar-refractivity contribution in [1.82, 2.24) is 15.6 Å². The molecule has 2 amide bonds. The molecule has 0 radical (unpaired) electrons. The van der Waals surface area contributed by atoms with Gasteiger partial charge in [0, 0.05) is 24.4 Å². The Kier molecular flexibility index (Phi) is 5.04. The number of rotatable bonds is 6. The zero-order valence-corrected chi connectivity index (χ0v) is 14.7. The Bertz CT molecular complexity index is 722. The molecular weight excluding hydrogens is 314 g/mol. The summed E-state index contributed by atoms with van der Waals surface area (Å²) >= 11 is 0. The molecule has 0 spiro atoms. The van der Waals surface area contributed by atoms with Crippen molar-refractivity contribution in [1.29, 1.82) is 0 Å². The Balaban J connectivity index is 1.78. The summed E-state index contributed by atoms with van der Waals surface area (Å²) in [4.78, 5) is 16.6. The van der Waals surface area contributed by atoms with Gasteiger partial charge in [-0.05, 0) is 43.9 Å². The van der Waals surface area contributed by atoms with Gasteiger partial charge in [0.2, 0.25) is 0 Å². The summed E-state index contributed by atoms with van der Waals surface area (Å²) in [6, 6.07) is 9.62. The van der Waals surface area contributed by atoms with Crippen LogP contribution >= 0.6 is 0 Å². The zero-order valence-electron chi connectivity index (χ0n) is 14.7. The maximum atomic E-state index is 12.4. The first-order chi connectivity index (χ1) is 12.0. The lowest BCUT2D eigenvalue weighted by molar-refractivity contribution is 0.202. The Hall–Kier alpha value is -2.40. The molecule has 132 valence electrons. The Labute approximate surface area is 148 Å². The number of hydrogen-bond acceptors (Lipinski definition) is 3. The average Bonchev–Trinajstić information content (AvgIpc) is 3.38. The number of aromatic nitrogens is 1. The second-order valence-electron chi connectivity index (χ2n) is 7.13. The molecular formula is C20H25N3O2. The molecule has 0 saturated heterocycles. The number of aliphatic hydroxyl groups excluding tert-OH is 1. The molecule has 1 fully saturated rings. The van der Waals surface area contributed by atoms with Crippen molar-refractivity contribution in [2.45, 2.75) is 32.7 Å². The Morgan fingerprint density at radius 2 is 1.96 bits per heavy atom. The summed E-state index contributed by atoms with van der Waals surface area (Å²) in [5.41, 5.74) is 4.17. The molecule has 25 heavy (non-hydrogen) atoms. The maximum Gasteiger partial charge on any atom is 0.315 e. The predicted octanol–water partition coefficient (Wildman–Crippen LogP) is 2.86. The fourth-order valence-electron chi connectivity index (χ4n) is 3.10. The third kappa shape index (κ3) is 4.37. The molecule has 5 heteroatoms. The van der Waals surface area contributed by atoms with Crippen LogP contribution in [0.5, 0.6) is 0 Å².